The standard InChI is InChI=1S/C15H20N2O2S/c1-3-7-18-13-5-4-12(10-16-2)14(9-13)19-11-15-17-6-8-20-15/h4-6,8-9,16H,3,7,10-11H2,1-2H3. The minimum Gasteiger partial charge on any atom is -0.493 e. The first-order valence-electron chi connectivity index (χ1n) is 6.75. The number of ether oxygens (including phenoxy) is 2. The van der Waals surface area contributed by atoms with Crippen LogP contribution >= 0.6 is 11.3 Å². The van der Waals surface area contributed by atoms with Gasteiger partial charge in [-0.25, -0.2) is 4.98 Å². The Bertz CT molecular complexity index is 515. The van der Waals surface area contributed by atoms with Crippen LogP contribution in [0.4, 0.5) is 0 Å². The van der Waals surface area contributed by atoms with Gasteiger partial charge in [0.05, 0.1) is 6.61 Å². The minimum absolute atomic E-state index is 0.492. The fourth-order valence-electron chi connectivity index (χ4n) is 1.78. The van der Waals surface area contributed by atoms with Crippen molar-refractivity contribution in [3.63, 3.8) is 0 Å². The van der Waals surface area contributed by atoms with E-state index < -0.39 is 0 Å². The van der Waals surface area contributed by atoms with Crippen LogP contribution < -0.4 is 14.8 Å². The molecule has 0 aliphatic heterocycles. The van der Waals surface area contributed by atoms with Crippen molar-refractivity contribution in [3.05, 3.63) is 40.3 Å². The fraction of sp³-hybridized carbons (Fsp3) is 0.400. The molecule has 0 fully saturated rings. The molecule has 1 heterocycles. The minimum atomic E-state index is 0.492. The molecule has 1 aromatic heterocycles. The van der Waals surface area contributed by atoms with Gasteiger partial charge in [-0.2, -0.15) is 0 Å². The first kappa shape index (κ1) is 14.8. The largest absolute Gasteiger partial charge is 0.493 e. The average molecular weight is 292 g/mol. The first-order valence-corrected chi connectivity index (χ1v) is 7.63. The quantitative estimate of drug-likeness (QED) is 0.811. The Morgan fingerprint density at radius 1 is 1.30 bits per heavy atom. The van der Waals surface area contributed by atoms with Crippen molar-refractivity contribution in [2.24, 2.45) is 0 Å². The number of hydrogen-bond acceptors (Lipinski definition) is 5. The summed E-state index contributed by atoms with van der Waals surface area (Å²) in [6.45, 7) is 4.07. The summed E-state index contributed by atoms with van der Waals surface area (Å²) in [7, 11) is 1.92. The second-order valence-electron chi connectivity index (χ2n) is 4.36. The number of nitrogens with zero attached hydrogens (tertiary/aromatic N) is 1. The monoisotopic (exact) mass is 292 g/mol. The fourth-order valence-corrected chi connectivity index (χ4v) is 2.31. The Kier molecular flexibility index (Phi) is 5.83. The molecule has 5 heteroatoms. The Morgan fingerprint density at radius 2 is 2.20 bits per heavy atom. The number of nitrogens with one attached hydrogen (secondary N) is 1. The van der Waals surface area contributed by atoms with Gasteiger partial charge < -0.3 is 14.8 Å². The van der Waals surface area contributed by atoms with Crippen molar-refractivity contribution in [2.45, 2.75) is 26.5 Å². The lowest BCUT2D eigenvalue weighted by Crippen LogP contribution is -2.08. The first-order chi connectivity index (χ1) is 9.83. The second kappa shape index (κ2) is 7.87. The molecule has 108 valence electrons. The van der Waals surface area contributed by atoms with Crippen LogP contribution in [0.25, 0.3) is 0 Å². The van der Waals surface area contributed by atoms with Crippen LogP contribution in [0.15, 0.2) is 29.8 Å². The van der Waals surface area contributed by atoms with Gasteiger partial charge in [-0.3, -0.25) is 0 Å². The van der Waals surface area contributed by atoms with Crippen LogP contribution in [0.1, 0.15) is 23.9 Å². The third kappa shape index (κ3) is 4.21. The van der Waals surface area contributed by atoms with Gasteiger partial charge in [0.25, 0.3) is 0 Å². The van der Waals surface area contributed by atoms with Crippen molar-refractivity contribution in [2.75, 3.05) is 13.7 Å². The maximum absolute atomic E-state index is 5.88. The Hall–Kier alpha value is -1.59. The maximum Gasteiger partial charge on any atom is 0.140 e. The van der Waals surface area contributed by atoms with Crippen molar-refractivity contribution in [1.82, 2.24) is 10.3 Å². The van der Waals surface area contributed by atoms with Crippen molar-refractivity contribution < 1.29 is 9.47 Å². The smallest absolute Gasteiger partial charge is 0.140 e. The highest BCUT2D eigenvalue weighted by atomic mass is 32.1. The molecular weight excluding hydrogens is 272 g/mol. The molecule has 0 unspecified atom stereocenters. The second-order valence-corrected chi connectivity index (χ2v) is 5.34. The van der Waals surface area contributed by atoms with Crippen LogP contribution in [0.2, 0.25) is 0 Å². The lowest BCUT2D eigenvalue weighted by molar-refractivity contribution is 0.291. The highest BCUT2D eigenvalue weighted by Gasteiger charge is 2.07. The maximum atomic E-state index is 5.88. The third-order valence-corrected chi connectivity index (χ3v) is 3.47. The molecule has 2 aromatic rings. The van der Waals surface area contributed by atoms with Gasteiger partial charge in [0, 0.05) is 29.8 Å². The zero-order valence-electron chi connectivity index (χ0n) is 11.9. The lowest BCUT2D eigenvalue weighted by Gasteiger charge is -2.13. The summed E-state index contributed by atoms with van der Waals surface area (Å²) in [5, 5.41) is 6.07. The van der Waals surface area contributed by atoms with Gasteiger partial charge in [-0.15, -0.1) is 11.3 Å². The molecule has 4 nitrogen and oxygen atoms in total. The van der Waals surface area contributed by atoms with E-state index in [-0.39, 0.29) is 0 Å². The molecule has 0 saturated heterocycles. The Balaban J connectivity index is 2.08. The summed E-state index contributed by atoms with van der Waals surface area (Å²) in [5.41, 5.74) is 1.12. The summed E-state index contributed by atoms with van der Waals surface area (Å²) >= 11 is 1.60. The summed E-state index contributed by atoms with van der Waals surface area (Å²) in [6, 6.07) is 5.98. The lowest BCUT2D eigenvalue weighted by atomic mass is 10.2. The van der Waals surface area contributed by atoms with E-state index in [2.05, 4.69) is 17.2 Å². The highest BCUT2D eigenvalue weighted by molar-refractivity contribution is 7.09. The van der Waals surface area contributed by atoms with E-state index >= 15 is 0 Å². The summed E-state index contributed by atoms with van der Waals surface area (Å²) in [6.07, 6.45) is 2.78. The summed E-state index contributed by atoms with van der Waals surface area (Å²) in [5.74, 6) is 1.70. The predicted molar refractivity (Wildman–Crippen MR) is 81.4 cm³/mol. The molecule has 1 N–H and O–H groups in total. The summed E-state index contributed by atoms with van der Waals surface area (Å²) in [4.78, 5) is 4.23. The van der Waals surface area contributed by atoms with Crippen LogP contribution in [-0.4, -0.2) is 18.6 Å². The van der Waals surface area contributed by atoms with E-state index in [1.807, 2.05) is 30.6 Å². The number of hydrogen-bond donors (Lipinski definition) is 1. The molecule has 1 aromatic carbocycles. The number of aromatic nitrogens is 1. The SMILES string of the molecule is CCCOc1ccc(CNC)c(OCc2nccs2)c1. The van der Waals surface area contributed by atoms with Crippen LogP contribution in [0, 0.1) is 0 Å². The average Bonchev–Trinajstić information content (AvgIpc) is 2.98. The summed E-state index contributed by atoms with van der Waals surface area (Å²) < 4.78 is 11.5. The van der Waals surface area contributed by atoms with E-state index in [4.69, 9.17) is 9.47 Å². The van der Waals surface area contributed by atoms with Gasteiger partial charge in [0.1, 0.15) is 23.1 Å². The van der Waals surface area contributed by atoms with Crippen molar-refractivity contribution >= 4 is 11.3 Å². The topological polar surface area (TPSA) is 43.4 Å². The molecule has 0 aliphatic carbocycles. The van der Waals surface area contributed by atoms with E-state index in [1.165, 1.54) is 0 Å². The van der Waals surface area contributed by atoms with Crippen LogP contribution in [-0.2, 0) is 13.2 Å². The normalized spacial score (nSPS) is 10.5. The highest BCUT2D eigenvalue weighted by Crippen LogP contribution is 2.26. The van der Waals surface area contributed by atoms with Gasteiger partial charge >= 0.3 is 0 Å². The van der Waals surface area contributed by atoms with Crippen molar-refractivity contribution in [3.8, 4) is 11.5 Å². The van der Waals surface area contributed by atoms with Crippen LogP contribution in [0.5, 0.6) is 11.5 Å². The molecule has 0 bridgehead atoms. The molecular formula is C15H20N2O2S. The molecule has 2 rings (SSSR count). The van der Waals surface area contributed by atoms with Gasteiger partial charge in [-0.05, 0) is 19.5 Å². The number of rotatable bonds is 8. The number of thiazole rings is 1. The zero-order chi connectivity index (χ0) is 14.2. The van der Waals surface area contributed by atoms with Gasteiger partial charge in [0.15, 0.2) is 0 Å². The van der Waals surface area contributed by atoms with E-state index in [9.17, 15) is 0 Å². The van der Waals surface area contributed by atoms with E-state index in [0.29, 0.717) is 6.61 Å². The Labute approximate surface area is 123 Å². The number of benzene rings is 1. The third-order valence-electron chi connectivity index (χ3n) is 2.71. The van der Waals surface area contributed by atoms with Crippen molar-refractivity contribution in [1.29, 1.82) is 0 Å². The van der Waals surface area contributed by atoms with E-state index in [0.717, 1.165) is 41.6 Å². The van der Waals surface area contributed by atoms with Gasteiger partial charge in [0.2, 0.25) is 0 Å². The van der Waals surface area contributed by atoms with Gasteiger partial charge in [-0.1, -0.05) is 13.0 Å². The predicted octanol–water partition coefficient (Wildman–Crippen LogP) is 3.23. The molecule has 0 spiro atoms. The molecule has 0 atom stereocenters. The molecule has 0 saturated carbocycles. The zero-order valence-corrected chi connectivity index (χ0v) is 12.7. The molecule has 0 aliphatic rings. The van der Waals surface area contributed by atoms with E-state index in [1.54, 1.807) is 17.5 Å². The Morgan fingerprint density at radius 3 is 2.90 bits per heavy atom. The molecule has 20 heavy (non-hydrogen) atoms. The molecule has 0 radical (unpaired) electrons. The van der Waals surface area contributed by atoms with Crippen LogP contribution in [0.3, 0.4) is 0 Å². The molecule has 0 amide bonds.